The molecule has 0 amide bonds. The molecule has 0 fully saturated rings. The molecule has 4 nitrogen and oxygen atoms in total. The van der Waals surface area contributed by atoms with Crippen LogP contribution in [0, 0.1) is 14.9 Å². The van der Waals surface area contributed by atoms with Gasteiger partial charge in [0, 0.05) is 5.95 Å². The first-order valence-corrected chi connectivity index (χ1v) is 1.46. The van der Waals surface area contributed by atoms with Crippen molar-refractivity contribution >= 4 is 5.95 Å². The van der Waals surface area contributed by atoms with Gasteiger partial charge in [0.05, 0.1) is 6.33 Å². The van der Waals surface area contributed by atoms with Gasteiger partial charge >= 0.3 is 68.9 Å². The van der Waals surface area contributed by atoms with Crippen LogP contribution in [0.1, 0.15) is 0 Å². The predicted octanol–water partition coefficient (Wildman–Crippen LogP) is -1.61. The third-order valence-electron chi connectivity index (χ3n) is 0.415. The van der Waals surface area contributed by atoms with Crippen LogP contribution in [0.15, 0.2) is 6.33 Å². The number of nitrogens with one attached hydrogen (secondary N) is 2. The molecule has 0 aliphatic carbocycles. The molecule has 0 bridgehead atoms. The summed E-state index contributed by atoms with van der Waals surface area (Å²) in [5.74, 6) is 0.106. The molecule has 0 unspecified atom stereocenters. The number of nitrogens with zero attached hydrogens (tertiary/aromatic N) is 2. The van der Waals surface area contributed by atoms with Gasteiger partial charge in [0.2, 0.25) is 0 Å². The molecule has 0 saturated heterocycles. The molecule has 0 atom stereocenters. The van der Waals surface area contributed by atoms with Crippen molar-refractivity contribution in [2.75, 3.05) is 0 Å². The van der Waals surface area contributed by atoms with Crippen LogP contribution in [0.25, 0.3) is 5.73 Å². The summed E-state index contributed by atoms with van der Waals surface area (Å²) in [5, 5.41) is 5.70. The van der Waals surface area contributed by atoms with E-state index in [4.69, 9.17) is 5.73 Å². The second-order valence-electron chi connectivity index (χ2n) is 0.834. The summed E-state index contributed by atoms with van der Waals surface area (Å²) >= 11 is 0. The summed E-state index contributed by atoms with van der Waals surface area (Å²) in [4.78, 5) is 3.42. The Bertz CT molecular complexity index is 116. The minimum absolute atomic E-state index is 0. The van der Waals surface area contributed by atoms with Crippen molar-refractivity contribution in [3.05, 3.63) is 26.9 Å². The molecule has 0 aromatic carbocycles. The molecule has 0 aliphatic heterocycles. The second-order valence-corrected chi connectivity index (χ2v) is 0.834. The third kappa shape index (κ3) is 6.88. The molecule has 1 heterocycles. The van der Waals surface area contributed by atoms with Crippen molar-refractivity contribution in [1.82, 2.24) is 15.2 Å². The van der Waals surface area contributed by atoms with Crippen molar-refractivity contribution in [3.8, 4) is 0 Å². The molecule has 48 valence electrons. The summed E-state index contributed by atoms with van der Waals surface area (Å²) in [6, 6.07) is 0. The fourth-order valence-electron chi connectivity index (χ4n) is 0.205. The van der Waals surface area contributed by atoms with E-state index in [2.05, 4.69) is 15.2 Å². The van der Waals surface area contributed by atoms with Crippen LogP contribution >= 0.6 is 0 Å². The first-order chi connectivity index (χ1) is 2.89. The van der Waals surface area contributed by atoms with Crippen LogP contribution in [0.2, 0.25) is 0 Å². The van der Waals surface area contributed by atoms with Gasteiger partial charge in [-0.05, 0) is 0 Å². The van der Waals surface area contributed by atoms with E-state index in [9.17, 15) is 0 Å². The first-order valence-electron chi connectivity index (χ1n) is 1.46. The van der Waals surface area contributed by atoms with Crippen LogP contribution in [0.4, 0.5) is 5.95 Å². The fourth-order valence-corrected chi connectivity index (χ4v) is 0.205. The average Bonchev–Trinajstić information content (AvgIpc) is 1.86. The fraction of sp³-hybridized carbons (Fsp3) is 0. The quantitative estimate of drug-likeness (QED) is 0.560. The van der Waals surface area contributed by atoms with Crippen LogP contribution in [-0.2, 0) is 0 Å². The SMILES string of the molecule is [CH3-].[CH3-].[Cs+].[NH-]c1ncn[nH]1. The summed E-state index contributed by atoms with van der Waals surface area (Å²) < 4.78 is 0. The van der Waals surface area contributed by atoms with Gasteiger partial charge in [0.25, 0.3) is 0 Å². The third-order valence-corrected chi connectivity index (χ3v) is 0.415. The summed E-state index contributed by atoms with van der Waals surface area (Å²) in [7, 11) is 0. The largest absolute Gasteiger partial charge is 1.00 e. The van der Waals surface area contributed by atoms with Crippen molar-refractivity contribution in [2.45, 2.75) is 0 Å². The minimum Gasteiger partial charge on any atom is -0.410 e. The zero-order chi connectivity index (χ0) is 4.41. The molecule has 9 heavy (non-hydrogen) atoms. The summed E-state index contributed by atoms with van der Waals surface area (Å²) in [5.41, 5.74) is 6.65. The maximum atomic E-state index is 6.65. The van der Waals surface area contributed by atoms with Crippen molar-refractivity contribution in [1.29, 1.82) is 0 Å². The van der Waals surface area contributed by atoms with Gasteiger partial charge in [-0.3, -0.25) is 0 Å². The van der Waals surface area contributed by atoms with Gasteiger partial charge in [0.1, 0.15) is 0 Å². The van der Waals surface area contributed by atoms with Crippen molar-refractivity contribution < 1.29 is 68.9 Å². The number of hydrogen-bond donors (Lipinski definition) is 1. The molecule has 1 rings (SSSR count). The molecule has 1 aromatic rings. The Morgan fingerprint density at radius 1 is 1.44 bits per heavy atom. The van der Waals surface area contributed by atoms with Gasteiger partial charge in [-0.15, -0.1) is 0 Å². The standard InChI is InChI=1S/C2H3N4.2CH3.Cs/c3-2-4-1-5-6-2;;;/h1H,(H2-,3,4,5,6);2*1H3;/q3*-1;+1. The Morgan fingerprint density at radius 2 is 2.00 bits per heavy atom. The van der Waals surface area contributed by atoms with Gasteiger partial charge in [-0.1, -0.05) is 0 Å². The molecular weight excluding hydrogens is 237 g/mol. The van der Waals surface area contributed by atoms with E-state index >= 15 is 0 Å². The molecule has 1 aromatic heterocycles. The number of aromatic nitrogens is 3. The Balaban J connectivity index is -0.000000120. The first kappa shape index (κ1) is 16.5. The molecule has 0 aliphatic rings. The van der Waals surface area contributed by atoms with Crippen molar-refractivity contribution in [3.63, 3.8) is 0 Å². The van der Waals surface area contributed by atoms with E-state index < -0.39 is 0 Å². The molecule has 0 spiro atoms. The van der Waals surface area contributed by atoms with E-state index in [1.54, 1.807) is 0 Å². The normalized spacial score (nSPS) is 5.78. The molecular formula is C4H9CsN4-2. The average molecular weight is 246 g/mol. The Kier molecular flexibility index (Phi) is 16.5. The van der Waals surface area contributed by atoms with E-state index in [0.717, 1.165) is 0 Å². The van der Waals surface area contributed by atoms with E-state index in [1.807, 2.05) is 0 Å². The molecule has 0 saturated carbocycles. The number of rotatable bonds is 0. The smallest absolute Gasteiger partial charge is 0.410 e. The van der Waals surface area contributed by atoms with E-state index in [1.165, 1.54) is 6.33 Å². The summed E-state index contributed by atoms with van der Waals surface area (Å²) in [6.07, 6.45) is 1.29. The van der Waals surface area contributed by atoms with Gasteiger partial charge in [-0.25, -0.2) is 5.10 Å². The zero-order valence-electron chi connectivity index (χ0n) is 5.97. The van der Waals surface area contributed by atoms with Crippen LogP contribution in [0.3, 0.4) is 0 Å². The molecule has 0 radical (unpaired) electrons. The topological polar surface area (TPSA) is 65.4 Å². The monoisotopic (exact) mass is 246 g/mol. The van der Waals surface area contributed by atoms with E-state index in [-0.39, 0.29) is 89.7 Å². The predicted molar refractivity (Wildman–Crippen MR) is 33.2 cm³/mol. The Hall–Kier alpha value is 0.992. The second kappa shape index (κ2) is 8.99. The molecule has 5 heteroatoms. The van der Waals surface area contributed by atoms with Crippen LogP contribution < -0.4 is 68.9 Å². The van der Waals surface area contributed by atoms with Gasteiger partial charge in [0.15, 0.2) is 0 Å². The van der Waals surface area contributed by atoms with Crippen LogP contribution in [-0.4, -0.2) is 15.2 Å². The number of aromatic amines is 1. The number of H-pyrrole nitrogens is 1. The summed E-state index contributed by atoms with van der Waals surface area (Å²) in [6.45, 7) is 0. The van der Waals surface area contributed by atoms with E-state index in [0.29, 0.717) is 0 Å². The van der Waals surface area contributed by atoms with Crippen molar-refractivity contribution in [2.24, 2.45) is 0 Å². The van der Waals surface area contributed by atoms with Gasteiger partial charge < -0.3 is 30.7 Å². The molecule has 2 N–H and O–H groups in total. The maximum Gasteiger partial charge on any atom is 1.00 e. The van der Waals surface area contributed by atoms with Gasteiger partial charge in [-0.2, -0.15) is 0 Å². The number of hydrogen-bond acceptors (Lipinski definition) is 2. The Labute approximate surface area is 114 Å². The van der Waals surface area contributed by atoms with Crippen LogP contribution in [0.5, 0.6) is 0 Å². The maximum absolute atomic E-state index is 6.65. The zero-order valence-corrected chi connectivity index (χ0v) is 12.3. The minimum atomic E-state index is 0. The Morgan fingerprint density at radius 3 is 2.11 bits per heavy atom.